The van der Waals surface area contributed by atoms with Crippen molar-refractivity contribution in [2.24, 2.45) is 0 Å². The van der Waals surface area contributed by atoms with E-state index in [9.17, 15) is 4.79 Å². The van der Waals surface area contributed by atoms with Crippen LogP contribution in [0.2, 0.25) is 0 Å². The molecule has 1 N–H and O–H groups in total. The van der Waals surface area contributed by atoms with Gasteiger partial charge in [-0.2, -0.15) is 0 Å². The quantitative estimate of drug-likeness (QED) is 0.458. The van der Waals surface area contributed by atoms with E-state index >= 15 is 0 Å². The van der Waals surface area contributed by atoms with Gasteiger partial charge in [-0.15, -0.1) is 0 Å². The molecule has 0 aromatic carbocycles. The predicted molar refractivity (Wildman–Crippen MR) is 149 cm³/mol. The number of carbonyl (C=O) groups is 1. The molecule has 0 saturated carbocycles. The summed E-state index contributed by atoms with van der Waals surface area (Å²) >= 11 is 0. The number of carbonyl (C=O) groups excluding carboxylic acids is 1. The lowest BCUT2D eigenvalue weighted by atomic mass is 9.91. The summed E-state index contributed by atoms with van der Waals surface area (Å²) in [6.45, 7) is 15.2. The minimum Gasteiger partial charge on any atom is -0.375 e. The van der Waals surface area contributed by atoms with Gasteiger partial charge < -0.3 is 19.9 Å². The Morgan fingerprint density at radius 2 is 1.69 bits per heavy atom. The largest absolute Gasteiger partial charge is 0.375 e. The van der Waals surface area contributed by atoms with Crippen molar-refractivity contribution in [3.8, 4) is 0 Å². The van der Waals surface area contributed by atoms with Crippen LogP contribution >= 0.6 is 0 Å². The molecule has 2 bridgehead atoms. The maximum absolute atomic E-state index is 11.4. The molecular formula is C28H52N6O2. The Bertz CT molecular complexity index is 758. The number of nitrogens with zero attached hydrogens (tertiary/aromatic N) is 5. The number of amides is 1. The number of nitrogens with one attached hydrogen (secondary N) is 1. The number of rotatable bonds is 11. The Hall–Kier alpha value is -1.77. The van der Waals surface area contributed by atoms with Crippen molar-refractivity contribution in [1.29, 1.82) is 0 Å². The molecule has 2 atom stereocenters. The first-order valence-corrected chi connectivity index (χ1v) is 14.4. The van der Waals surface area contributed by atoms with Crippen molar-refractivity contribution in [2.45, 2.75) is 96.7 Å². The average Bonchev–Trinajstić information content (AvgIpc) is 3.16. The van der Waals surface area contributed by atoms with Gasteiger partial charge in [-0.1, -0.05) is 20.3 Å². The lowest BCUT2D eigenvalue weighted by Gasteiger charge is -2.42. The highest BCUT2D eigenvalue weighted by atomic mass is 16.5. The van der Waals surface area contributed by atoms with Gasteiger partial charge in [0.1, 0.15) is 6.61 Å². The standard InChI is InChI=1S/C26H44N6O2.C2H6.H2/c1-20(2)31-17-23-7-8-24(18-31)32(23)26-28-15-22(16-29-26)21-9-13-30(14-10-21)12-6-4-5-11-27-25(33)19-34-3;1-2;/h15-16,20-21,23-24H,4-14,17-19H2,1-3H3,(H,27,33);1-2H3;1H. The molecule has 206 valence electrons. The van der Waals surface area contributed by atoms with Gasteiger partial charge in [-0.3, -0.25) is 9.69 Å². The molecule has 4 rings (SSSR count). The molecule has 0 aliphatic carbocycles. The molecule has 4 heterocycles. The zero-order chi connectivity index (χ0) is 25.9. The van der Waals surface area contributed by atoms with Crippen LogP contribution in [0.3, 0.4) is 0 Å². The third-order valence-corrected chi connectivity index (χ3v) is 7.94. The van der Waals surface area contributed by atoms with Gasteiger partial charge in [0.05, 0.1) is 0 Å². The number of fused-ring (bicyclic) bond motifs is 2. The van der Waals surface area contributed by atoms with Gasteiger partial charge in [0.25, 0.3) is 0 Å². The van der Waals surface area contributed by atoms with Crippen molar-refractivity contribution >= 4 is 11.9 Å². The topological polar surface area (TPSA) is 73.8 Å². The molecule has 3 saturated heterocycles. The minimum atomic E-state index is -0.0253. The number of piperazine rings is 1. The first-order valence-electron chi connectivity index (χ1n) is 14.4. The van der Waals surface area contributed by atoms with E-state index < -0.39 is 0 Å². The van der Waals surface area contributed by atoms with E-state index in [1.165, 1.54) is 37.7 Å². The summed E-state index contributed by atoms with van der Waals surface area (Å²) in [5, 5.41) is 2.89. The number of anilines is 1. The maximum Gasteiger partial charge on any atom is 0.245 e. The molecule has 0 radical (unpaired) electrons. The van der Waals surface area contributed by atoms with Gasteiger partial charge in [0, 0.05) is 58.7 Å². The van der Waals surface area contributed by atoms with E-state index in [4.69, 9.17) is 14.7 Å². The summed E-state index contributed by atoms with van der Waals surface area (Å²) in [6, 6.07) is 1.75. The molecule has 0 spiro atoms. The molecule has 8 heteroatoms. The van der Waals surface area contributed by atoms with Crippen LogP contribution in [-0.4, -0.2) is 96.8 Å². The van der Waals surface area contributed by atoms with Gasteiger partial charge in [-0.05, 0) is 83.5 Å². The van der Waals surface area contributed by atoms with E-state index in [0.717, 1.165) is 58.1 Å². The summed E-state index contributed by atoms with van der Waals surface area (Å²) in [5.41, 5.74) is 1.31. The Morgan fingerprint density at radius 1 is 1.06 bits per heavy atom. The summed E-state index contributed by atoms with van der Waals surface area (Å²) in [7, 11) is 1.55. The number of hydrogen-bond donors (Lipinski definition) is 1. The second-order valence-electron chi connectivity index (χ2n) is 10.6. The Kier molecular flexibility index (Phi) is 11.9. The van der Waals surface area contributed by atoms with Crippen LogP contribution in [0.25, 0.3) is 0 Å². The van der Waals surface area contributed by atoms with Crippen molar-refractivity contribution in [3.05, 3.63) is 18.0 Å². The highest BCUT2D eigenvalue weighted by molar-refractivity contribution is 5.77. The van der Waals surface area contributed by atoms with Crippen LogP contribution in [-0.2, 0) is 9.53 Å². The third kappa shape index (κ3) is 7.86. The summed E-state index contributed by atoms with van der Waals surface area (Å²) in [4.78, 5) is 28.8. The van der Waals surface area contributed by atoms with Crippen molar-refractivity contribution < 1.29 is 11.0 Å². The molecule has 3 aliphatic heterocycles. The third-order valence-electron chi connectivity index (χ3n) is 7.94. The van der Waals surface area contributed by atoms with Crippen LogP contribution in [0.15, 0.2) is 12.4 Å². The second kappa shape index (κ2) is 14.8. The van der Waals surface area contributed by atoms with E-state index in [1.807, 2.05) is 13.8 Å². The van der Waals surface area contributed by atoms with Crippen molar-refractivity contribution in [2.75, 3.05) is 57.9 Å². The highest BCUT2D eigenvalue weighted by Crippen LogP contribution is 2.34. The van der Waals surface area contributed by atoms with Crippen molar-refractivity contribution in [3.63, 3.8) is 0 Å². The highest BCUT2D eigenvalue weighted by Gasteiger charge is 2.41. The normalized spacial score (nSPS) is 23.0. The lowest BCUT2D eigenvalue weighted by Crippen LogP contribution is -2.56. The fourth-order valence-electron chi connectivity index (χ4n) is 5.90. The van der Waals surface area contributed by atoms with Crippen LogP contribution in [0, 0.1) is 0 Å². The SMILES string of the molecule is CC.COCC(=O)NCCCCCN1CCC(c2cnc(N3C4CCC3CN(C(C)C)C4)nc2)CC1.[HH]. The summed E-state index contributed by atoms with van der Waals surface area (Å²) in [5.74, 6) is 1.49. The molecule has 2 unspecified atom stereocenters. The molecule has 8 nitrogen and oxygen atoms in total. The number of aromatic nitrogens is 2. The van der Waals surface area contributed by atoms with E-state index in [0.29, 0.717) is 24.0 Å². The molecule has 1 amide bonds. The Balaban J connectivity index is 0.00000157. The molecule has 3 fully saturated rings. The Labute approximate surface area is 220 Å². The predicted octanol–water partition coefficient (Wildman–Crippen LogP) is 3.92. The zero-order valence-electron chi connectivity index (χ0n) is 23.4. The Morgan fingerprint density at radius 3 is 2.28 bits per heavy atom. The molecule has 3 aliphatic rings. The van der Waals surface area contributed by atoms with Gasteiger partial charge in [0.2, 0.25) is 11.9 Å². The van der Waals surface area contributed by atoms with E-state index in [1.54, 1.807) is 7.11 Å². The number of hydrogen-bond acceptors (Lipinski definition) is 7. The van der Waals surface area contributed by atoms with Gasteiger partial charge >= 0.3 is 0 Å². The van der Waals surface area contributed by atoms with E-state index in [-0.39, 0.29) is 13.9 Å². The fraction of sp³-hybridized carbons (Fsp3) is 0.821. The van der Waals surface area contributed by atoms with Gasteiger partial charge in [-0.25, -0.2) is 9.97 Å². The summed E-state index contributed by atoms with van der Waals surface area (Å²) in [6.07, 6.45) is 12.5. The lowest BCUT2D eigenvalue weighted by molar-refractivity contribution is -0.124. The van der Waals surface area contributed by atoms with Crippen LogP contribution < -0.4 is 10.2 Å². The smallest absolute Gasteiger partial charge is 0.245 e. The molecule has 36 heavy (non-hydrogen) atoms. The minimum absolute atomic E-state index is 0. The molecular weight excluding hydrogens is 452 g/mol. The molecule has 1 aromatic heterocycles. The first-order chi connectivity index (χ1) is 17.5. The maximum atomic E-state index is 11.4. The van der Waals surface area contributed by atoms with Gasteiger partial charge in [0.15, 0.2) is 0 Å². The first kappa shape index (κ1) is 28.8. The van der Waals surface area contributed by atoms with Crippen molar-refractivity contribution in [1.82, 2.24) is 25.1 Å². The monoisotopic (exact) mass is 504 g/mol. The number of unbranched alkanes of at least 4 members (excludes halogenated alkanes) is 2. The van der Waals surface area contributed by atoms with Crippen LogP contribution in [0.1, 0.15) is 85.5 Å². The molecule has 1 aromatic rings. The van der Waals surface area contributed by atoms with Crippen LogP contribution in [0.4, 0.5) is 5.95 Å². The number of methoxy groups -OCH3 is 1. The number of piperidine rings is 1. The average molecular weight is 505 g/mol. The van der Waals surface area contributed by atoms with Crippen LogP contribution in [0.5, 0.6) is 0 Å². The fourth-order valence-corrected chi connectivity index (χ4v) is 5.90. The number of ether oxygens (including phenoxy) is 1. The summed E-state index contributed by atoms with van der Waals surface area (Å²) < 4.78 is 4.83. The second-order valence-corrected chi connectivity index (χ2v) is 10.6. The van der Waals surface area contributed by atoms with E-state index in [2.05, 4.69) is 46.3 Å². The zero-order valence-corrected chi connectivity index (χ0v) is 23.4. The number of likely N-dealkylation sites (tertiary alicyclic amines) is 2.